The van der Waals surface area contributed by atoms with Crippen molar-refractivity contribution in [2.45, 2.75) is 6.92 Å². The predicted molar refractivity (Wildman–Crippen MR) is 32.4 cm³/mol. The van der Waals surface area contributed by atoms with Gasteiger partial charge in [-0.05, 0) is 0 Å². The molecule has 9 heavy (non-hydrogen) atoms. The predicted octanol–water partition coefficient (Wildman–Crippen LogP) is 1.32. The number of ether oxygens (including phenoxy) is 1. The van der Waals surface area contributed by atoms with Gasteiger partial charge < -0.3 is 11.7 Å². The number of hydrogen-bond acceptors (Lipinski definition) is 2. The molecule has 1 atom stereocenters. The third-order valence-corrected chi connectivity index (χ3v) is 0.604. The van der Waals surface area contributed by atoms with Crippen LogP contribution in [0, 0.1) is 12.8 Å². The summed E-state index contributed by atoms with van der Waals surface area (Å²) in [6, 6.07) is 0. The zero-order chi connectivity index (χ0) is 7.86. The van der Waals surface area contributed by atoms with Gasteiger partial charge in [0.2, 0.25) is 0 Å². The van der Waals surface area contributed by atoms with Gasteiger partial charge in [0.25, 0.3) is 5.97 Å². The van der Waals surface area contributed by atoms with E-state index in [1.54, 1.807) is 6.92 Å². The Morgan fingerprint density at radius 3 is 2.11 bits per heavy atom. The molecule has 0 aromatic rings. The fraction of sp³-hybridized carbons (Fsp3) is 0.600. The van der Waals surface area contributed by atoms with Crippen molar-refractivity contribution in [2.75, 3.05) is 7.11 Å². The van der Waals surface area contributed by atoms with Gasteiger partial charge in [0.05, 0.1) is 7.11 Å². The van der Waals surface area contributed by atoms with Crippen LogP contribution in [-0.4, -0.2) is 13.1 Å². The molecule has 0 aliphatic carbocycles. The molecule has 0 fully saturated rings. The van der Waals surface area contributed by atoms with Crippen LogP contribution >= 0.6 is 9.69 Å². The van der Waals surface area contributed by atoms with Crippen LogP contribution in [0.2, 0.25) is 0 Å². The molecule has 50 valence electrons. The summed E-state index contributed by atoms with van der Waals surface area (Å²) < 4.78 is 4.31. The van der Waals surface area contributed by atoms with Crippen LogP contribution < -0.4 is 0 Å². The van der Waals surface area contributed by atoms with Crippen molar-refractivity contribution in [3.63, 3.8) is 0 Å². The van der Waals surface area contributed by atoms with Gasteiger partial charge in [0.15, 0.2) is 0 Å². The number of halogens is 1. The molecule has 0 saturated carbocycles. The molecule has 2 nitrogen and oxygen atoms in total. The monoisotopic (exact) mass is 200 g/mol. The van der Waals surface area contributed by atoms with Gasteiger partial charge in [-0.25, -0.2) is 0 Å². The van der Waals surface area contributed by atoms with Crippen molar-refractivity contribution in [1.29, 1.82) is 0 Å². The molecule has 1 unspecified atom stereocenters. The van der Waals surface area contributed by atoms with Gasteiger partial charge in [0, 0.05) is 0 Å². The van der Waals surface area contributed by atoms with Crippen molar-refractivity contribution in [2.24, 2.45) is 5.92 Å². The first kappa shape index (κ1) is 12.1. The second-order valence-corrected chi connectivity index (χ2v) is 1.42. The first-order valence-electron chi connectivity index (χ1n) is 2.36. The minimum absolute atomic E-state index is 0.245. The number of carbonyl (C=O) groups excluding carboxylic acids is 1. The van der Waals surface area contributed by atoms with E-state index in [2.05, 4.69) is 11.7 Å². The molecule has 0 radical (unpaired) electrons. The molecule has 0 heterocycles. The van der Waals surface area contributed by atoms with Gasteiger partial charge in [-0.3, -0.25) is 4.79 Å². The van der Waals surface area contributed by atoms with E-state index in [1.165, 1.54) is 7.11 Å². The van der Waals surface area contributed by atoms with E-state index in [9.17, 15) is 4.79 Å². The standard InChI is InChI=1S/C5H9O2.ClH.Zn/c1-4(2)5(6)7-3;;/h4H,1H2,2-3H3;1H;/q-1;;+2/p-1. The van der Waals surface area contributed by atoms with Gasteiger partial charge in [-0.15, -0.1) is 0 Å². The quantitative estimate of drug-likeness (QED) is 0.364. The number of methoxy groups -OCH3 is 1. The summed E-state index contributed by atoms with van der Waals surface area (Å²) in [7, 11) is 6.12. The van der Waals surface area contributed by atoms with Crippen molar-refractivity contribution < 1.29 is 26.8 Å². The van der Waals surface area contributed by atoms with E-state index in [-0.39, 0.29) is 11.9 Å². The van der Waals surface area contributed by atoms with Crippen LogP contribution in [0.5, 0.6) is 0 Å². The molecule has 0 aliphatic rings. The summed E-state index contributed by atoms with van der Waals surface area (Å²) in [5.74, 6) is -0.509. The van der Waals surface area contributed by atoms with E-state index < -0.39 is 0 Å². The first-order valence-corrected chi connectivity index (χ1v) is 6.26. The number of carbonyl (C=O) groups is 1. The summed E-state index contributed by atoms with van der Waals surface area (Å²) in [6.45, 7) is 5.12. The number of hydrogen-bond donors (Lipinski definition) is 0. The van der Waals surface area contributed by atoms with Crippen LogP contribution in [0.3, 0.4) is 0 Å². The average molecular weight is 202 g/mol. The Kier molecular flexibility index (Phi) is 11.3. The Bertz CT molecular complexity index is 75.4. The maximum atomic E-state index is 10.2. The average Bonchev–Trinajstić information content (AvgIpc) is 1.91. The van der Waals surface area contributed by atoms with Gasteiger partial charge >= 0.3 is 27.0 Å². The Morgan fingerprint density at radius 1 is 1.78 bits per heavy atom. The number of rotatable bonds is 1. The van der Waals surface area contributed by atoms with Gasteiger partial charge in [-0.1, -0.05) is 12.8 Å². The molecular formula is C5H9ClO2Zn. The zero-order valence-corrected chi connectivity index (χ0v) is 9.41. The summed E-state index contributed by atoms with van der Waals surface area (Å²) in [4.78, 5) is 10.2. The zero-order valence-electron chi connectivity index (χ0n) is 5.69. The number of esters is 1. The van der Waals surface area contributed by atoms with E-state index in [1.807, 2.05) is 0 Å². The molecule has 0 N–H and O–H groups in total. The van der Waals surface area contributed by atoms with Crippen LogP contribution in [0.25, 0.3) is 0 Å². The molecule has 0 bridgehead atoms. The molecule has 0 amide bonds. The Balaban J connectivity index is 0. The second-order valence-electron chi connectivity index (χ2n) is 1.42. The fourth-order valence-electron chi connectivity index (χ4n) is 0.201. The van der Waals surface area contributed by atoms with E-state index >= 15 is 0 Å². The summed E-state index contributed by atoms with van der Waals surface area (Å²) in [5.41, 5.74) is 0. The molecular weight excluding hydrogens is 193 g/mol. The second kappa shape index (κ2) is 8.38. The fourth-order valence-corrected chi connectivity index (χ4v) is 0.201. The Morgan fingerprint density at radius 2 is 2.11 bits per heavy atom. The van der Waals surface area contributed by atoms with Crippen LogP contribution in [0.15, 0.2) is 0 Å². The molecule has 0 aliphatic heterocycles. The molecule has 4 heteroatoms. The van der Waals surface area contributed by atoms with Crippen molar-refractivity contribution >= 4 is 15.7 Å². The molecule has 0 spiro atoms. The van der Waals surface area contributed by atoms with Crippen LogP contribution in [0.1, 0.15) is 6.92 Å². The van der Waals surface area contributed by atoms with Crippen molar-refractivity contribution in [3.05, 3.63) is 6.92 Å². The third-order valence-electron chi connectivity index (χ3n) is 0.604. The maximum absolute atomic E-state index is 10.2. The van der Waals surface area contributed by atoms with Crippen LogP contribution in [-0.2, 0) is 26.8 Å². The normalized spacial score (nSPS) is 10.9. The molecule has 0 aromatic carbocycles. The molecule has 0 saturated heterocycles. The van der Waals surface area contributed by atoms with Crippen molar-refractivity contribution in [3.8, 4) is 0 Å². The molecule has 0 aromatic heterocycles. The Labute approximate surface area is 69.6 Å². The molecule has 0 rings (SSSR count). The Hall–Kier alpha value is 0.383. The summed E-state index contributed by atoms with van der Waals surface area (Å²) in [6.07, 6.45) is 0. The topological polar surface area (TPSA) is 26.3 Å². The SMILES string of the molecule is [CH2-]C(C)C(=O)OC.[Cl][Zn+]. The summed E-state index contributed by atoms with van der Waals surface area (Å²) in [5, 5.41) is 0. The van der Waals surface area contributed by atoms with Gasteiger partial charge in [-0.2, -0.15) is 0 Å². The first-order chi connectivity index (χ1) is 4.18. The van der Waals surface area contributed by atoms with E-state index in [4.69, 9.17) is 9.69 Å². The van der Waals surface area contributed by atoms with E-state index in [0.717, 1.165) is 17.3 Å². The summed E-state index contributed by atoms with van der Waals surface area (Å²) >= 11 is 0.847. The van der Waals surface area contributed by atoms with Crippen LogP contribution in [0.4, 0.5) is 0 Å². The third kappa shape index (κ3) is 8.38. The van der Waals surface area contributed by atoms with E-state index in [0.29, 0.717) is 0 Å². The van der Waals surface area contributed by atoms with Crippen molar-refractivity contribution in [1.82, 2.24) is 0 Å². The van der Waals surface area contributed by atoms with Gasteiger partial charge in [0.1, 0.15) is 0 Å². The minimum atomic E-state index is -0.264.